The van der Waals surface area contributed by atoms with E-state index in [-0.39, 0.29) is 17.7 Å². The first-order valence-electron chi connectivity index (χ1n) is 10.1. The Morgan fingerprint density at radius 3 is 2.53 bits per heavy atom. The van der Waals surface area contributed by atoms with Crippen LogP contribution < -0.4 is 0 Å². The van der Waals surface area contributed by atoms with E-state index in [2.05, 4.69) is 4.98 Å². The molecule has 0 spiro atoms. The largest absolute Gasteiger partial charge is 0.431 e. The molecule has 1 saturated heterocycles. The zero-order chi connectivity index (χ0) is 21.1. The summed E-state index contributed by atoms with van der Waals surface area (Å²) in [7, 11) is 3.56. The van der Waals surface area contributed by atoms with E-state index in [0.29, 0.717) is 42.5 Å². The molecule has 2 amide bonds. The molecule has 7 heteroatoms. The maximum absolute atomic E-state index is 13.2. The maximum Gasteiger partial charge on any atom is 0.257 e. The van der Waals surface area contributed by atoms with Crippen LogP contribution in [-0.4, -0.2) is 53.8 Å². The van der Waals surface area contributed by atoms with E-state index < -0.39 is 0 Å². The van der Waals surface area contributed by atoms with E-state index in [1.165, 1.54) is 11.8 Å². The quantitative estimate of drug-likeness (QED) is 0.579. The summed E-state index contributed by atoms with van der Waals surface area (Å²) in [4.78, 5) is 33.4. The summed E-state index contributed by atoms with van der Waals surface area (Å²) in [5.74, 6) is 0.787. The molecule has 0 atom stereocenters. The van der Waals surface area contributed by atoms with Gasteiger partial charge in [0.25, 0.3) is 11.1 Å². The third-order valence-electron chi connectivity index (χ3n) is 5.45. The average molecular weight is 424 g/mol. The van der Waals surface area contributed by atoms with Crippen LogP contribution >= 0.6 is 11.8 Å². The van der Waals surface area contributed by atoms with E-state index in [1.807, 2.05) is 53.4 Å². The van der Waals surface area contributed by atoms with Gasteiger partial charge in [0, 0.05) is 44.4 Å². The summed E-state index contributed by atoms with van der Waals surface area (Å²) in [6, 6.07) is 15.4. The number of carbonyl (C=O) groups excluding carboxylic acids is 2. The highest BCUT2D eigenvalue weighted by atomic mass is 32.2. The van der Waals surface area contributed by atoms with E-state index in [4.69, 9.17) is 4.42 Å². The highest BCUT2D eigenvalue weighted by molar-refractivity contribution is 7.98. The number of likely N-dealkylation sites (tertiary alicyclic amines) is 1. The van der Waals surface area contributed by atoms with Crippen LogP contribution in [0.2, 0.25) is 0 Å². The molecule has 0 N–H and O–H groups in total. The second kappa shape index (κ2) is 8.92. The molecule has 1 aromatic heterocycles. The molecule has 2 heterocycles. The van der Waals surface area contributed by atoms with E-state index in [0.717, 1.165) is 16.7 Å². The van der Waals surface area contributed by atoms with Crippen molar-refractivity contribution >= 4 is 34.7 Å². The summed E-state index contributed by atoms with van der Waals surface area (Å²) >= 11 is 1.49. The number of fused-ring (bicyclic) bond motifs is 1. The fourth-order valence-corrected chi connectivity index (χ4v) is 4.61. The fraction of sp³-hybridized carbons (Fsp3) is 0.348. The Morgan fingerprint density at radius 2 is 1.80 bits per heavy atom. The van der Waals surface area contributed by atoms with Crippen LogP contribution in [0, 0.1) is 5.92 Å². The van der Waals surface area contributed by atoms with Crippen molar-refractivity contribution in [3.63, 3.8) is 0 Å². The molecule has 1 aliphatic heterocycles. The van der Waals surface area contributed by atoms with Gasteiger partial charge in [0.1, 0.15) is 5.52 Å². The SMILES string of the molecule is CN(C)C(=O)C1CCN(C(=O)c2ccccc2CSc2nc3ccccc3o2)CC1. The van der Waals surface area contributed by atoms with Gasteiger partial charge in [-0.25, -0.2) is 4.98 Å². The normalized spacial score (nSPS) is 14.8. The van der Waals surface area contributed by atoms with Gasteiger partial charge in [0.15, 0.2) is 5.58 Å². The number of hydrogen-bond donors (Lipinski definition) is 0. The lowest BCUT2D eigenvalue weighted by Crippen LogP contribution is -2.43. The van der Waals surface area contributed by atoms with Gasteiger partial charge in [-0.2, -0.15) is 0 Å². The topological polar surface area (TPSA) is 66.7 Å². The Balaban J connectivity index is 1.42. The van der Waals surface area contributed by atoms with Gasteiger partial charge in [0.2, 0.25) is 5.91 Å². The second-order valence-electron chi connectivity index (χ2n) is 7.69. The summed E-state index contributed by atoms with van der Waals surface area (Å²) in [5.41, 5.74) is 3.26. The molecule has 0 aliphatic carbocycles. The Morgan fingerprint density at radius 1 is 1.10 bits per heavy atom. The van der Waals surface area contributed by atoms with Crippen LogP contribution in [-0.2, 0) is 10.5 Å². The molecule has 156 valence electrons. The lowest BCUT2D eigenvalue weighted by atomic mass is 9.94. The van der Waals surface area contributed by atoms with Crippen molar-refractivity contribution in [1.29, 1.82) is 0 Å². The first kappa shape index (κ1) is 20.5. The van der Waals surface area contributed by atoms with Crippen LogP contribution in [0.5, 0.6) is 0 Å². The molecule has 0 saturated carbocycles. The minimum atomic E-state index is 0.00834. The molecular formula is C23H25N3O3S. The molecule has 3 aromatic rings. The van der Waals surface area contributed by atoms with Crippen molar-refractivity contribution in [1.82, 2.24) is 14.8 Å². The average Bonchev–Trinajstić information content (AvgIpc) is 3.20. The Bertz CT molecular complexity index is 1020. The molecule has 6 nitrogen and oxygen atoms in total. The lowest BCUT2D eigenvalue weighted by Gasteiger charge is -2.32. The highest BCUT2D eigenvalue weighted by Crippen LogP contribution is 2.28. The number of para-hydroxylation sites is 2. The van der Waals surface area contributed by atoms with Crippen LogP contribution in [0.3, 0.4) is 0 Å². The zero-order valence-corrected chi connectivity index (χ0v) is 18.0. The molecular weight excluding hydrogens is 398 g/mol. The number of benzene rings is 2. The molecule has 0 radical (unpaired) electrons. The van der Waals surface area contributed by atoms with Crippen LogP contribution in [0.15, 0.2) is 58.2 Å². The molecule has 1 aliphatic rings. The van der Waals surface area contributed by atoms with Crippen molar-refractivity contribution in [2.24, 2.45) is 5.92 Å². The number of aromatic nitrogens is 1. The zero-order valence-electron chi connectivity index (χ0n) is 17.2. The van der Waals surface area contributed by atoms with Gasteiger partial charge in [-0.15, -0.1) is 0 Å². The predicted molar refractivity (Wildman–Crippen MR) is 117 cm³/mol. The number of thioether (sulfide) groups is 1. The third-order valence-corrected chi connectivity index (χ3v) is 6.32. The van der Waals surface area contributed by atoms with Crippen LogP contribution in [0.4, 0.5) is 0 Å². The van der Waals surface area contributed by atoms with Gasteiger partial charge >= 0.3 is 0 Å². The number of carbonyl (C=O) groups is 2. The van der Waals surface area contributed by atoms with Crippen LogP contribution in [0.1, 0.15) is 28.8 Å². The van der Waals surface area contributed by atoms with E-state index >= 15 is 0 Å². The number of amides is 2. The van der Waals surface area contributed by atoms with Crippen molar-refractivity contribution < 1.29 is 14.0 Å². The number of oxazole rings is 1. The van der Waals surface area contributed by atoms with E-state index in [1.54, 1.807) is 19.0 Å². The smallest absolute Gasteiger partial charge is 0.257 e. The Labute approximate surface area is 180 Å². The predicted octanol–water partition coefficient (Wildman–Crippen LogP) is 4.06. The first-order chi connectivity index (χ1) is 14.5. The van der Waals surface area contributed by atoms with E-state index in [9.17, 15) is 9.59 Å². The Kier molecular flexibility index (Phi) is 6.08. The monoisotopic (exact) mass is 423 g/mol. The van der Waals surface area contributed by atoms with Crippen molar-refractivity contribution in [2.45, 2.75) is 23.8 Å². The molecule has 4 rings (SSSR count). The minimum Gasteiger partial charge on any atom is -0.431 e. The van der Waals surface area contributed by atoms with Gasteiger partial charge in [-0.3, -0.25) is 9.59 Å². The number of hydrogen-bond acceptors (Lipinski definition) is 5. The lowest BCUT2D eigenvalue weighted by molar-refractivity contribution is -0.134. The number of rotatable bonds is 5. The molecule has 0 unspecified atom stereocenters. The number of nitrogens with zero attached hydrogens (tertiary/aromatic N) is 3. The van der Waals surface area contributed by atoms with Crippen molar-refractivity contribution in [3.8, 4) is 0 Å². The van der Waals surface area contributed by atoms with Gasteiger partial charge in [0.05, 0.1) is 0 Å². The summed E-state index contributed by atoms with van der Waals surface area (Å²) in [5, 5.41) is 0.599. The fourth-order valence-electron chi connectivity index (χ4n) is 3.77. The van der Waals surface area contributed by atoms with Gasteiger partial charge in [-0.1, -0.05) is 42.1 Å². The maximum atomic E-state index is 13.2. The molecule has 2 aromatic carbocycles. The standard InChI is InChI=1S/C23H25N3O3S/c1-25(2)21(27)16-11-13-26(14-12-16)22(28)18-8-4-3-7-17(18)15-30-23-24-19-9-5-6-10-20(19)29-23/h3-10,16H,11-15H2,1-2H3. The molecule has 30 heavy (non-hydrogen) atoms. The van der Waals surface area contributed by atoms with Crippen molar-refractivity contribution in [3.05, 3.63) is 59.7 Å². The summed E-state index contributed by atoms with van der Waals surface area (Å²) < 4.78 is 5.78. The van der Waals surface area contributed by atoms with Gasteiger partial charge in [-0.05, 0) is 36.6 Å². The highest BCUT2D eigenvalue weighted by Gasteiger charge is 2.29. The Hall–Kier alpha value is -2.80. The second-order valence-corrected chi connectivity index (χ2v) is 8.62. The first-order valence-corrected chi connectivity index (χ1v) is 11.1. The summed E-state index contributed by atoms with van der Waals surface area (Å²) in [6.45, 7) is 1.21. The third kappa shape index (κ3) is 4.36. The minimum absolute atomic E-state index is 0.00834. The van der Waals surface area contributed by atoms with Crippen molar-refractivity contribution in [2.75, 3.05) is 27.2 Å². The molecule has 0 bridgehead atoms. The summed E-state index contributed by atoms with van der Waals surface area (Å²) in [6.07, 6.45) is 1.42. The molecule has 1 fully saturated rings. The number of piperidine rings is 1. The van der Waals surface area contributed by atoms with Crippen LogP contribution in [0.25, 0.3) is 11.1 Å². The van der Waals surface area contributed by atoms with Gasteiger partial charge < -0.3 is 14.2 Å².